The zero-order valence-corrected chi connectivity index (χ0v) is 11.4. The standard InChI is InChI=1S/C13H17N3OS/c1-16(2)7-8-17-11-5-3-10(4-6-11)12-9-18-13(14)15-12/h3-6,9H,7-8H2,1-2H3,(H2,14,15). The molecule has 2 rings (SSSR count). The molecule has 0 unspecified atom stereocenters. The van der Waals surface area contributed by atoms with Crippen LogP contribution in [0.25, 0.3) is 11.3 Å². The number of rotatable bonds is 5. The maximum atomic E-state index is 5.63. The molecule has 1 aromatic heterocycles. The smallest absolute Gasteiger partial charge is 0.180 e. The van der Waals surface area contributed by atoms with E-state index in [1.54, 1.807) is 0 Å². The van der Waals surface area contributed by atoms with Crippen LogP contribution in [0.5, 0.6) is 5.75 Å². The number of nitrogens with two attached hydrogens (primary N) is 1. The number of hydrogen-bond acceptors (Lipinski definition) is 5. The molecule has 2 aromatic rings. The average molecular weight is 263 g/mol. The Morgan fingerprint density at radius 2 is 2.00 bits per heavy atom. The van der Waals surface area contributed by atoms with Crippen LogP contribution in [0.4, 0.5) is 5.13 Å². The molecule has 1 heterocycles. The fraction of sp³-hybridized carbons (Fsp3) is 0.308. The van der Waals surface area contributed by atoms with Crippen molar-refractivity contribution in [1.29, 1.82) is 0 Å². The summed E-state index contributed by atoms with van der Waals surface area (Å²) in [6, 6.07) is 7.92. The van der Waals surface area contributed by atoms with E-state index in [0.717, 1.165) is 23.6 Å². The van der Waals surface area contributed by atoms with Gasteiger partial charge in [-0.05, 0) is 38.4 Å². The lowest BCUT2D eigenvalue weighted by molar-refractivity contribution is 0.261. The fourth-order valence-electron chi connectivity index (χ4n) is 1.49. The highest BCUT2D eigenvalue weighted by Gasteiger charge is 2.02. The van der Waals surface area contributed by atoms with Crippen LogP contribution in [0.15, 0.2) is 29.6 Å². The summed E-state index contributed by atoms with van der Waals surface area (Å²) in [4.78, 5) is 6.33. The zero-order valence-electron chi connectivity index (χ0n) is 10.6. The summed E-state index contributed by atoms with van der Waals surface area (Å²) in [5, 5.41) is 2.55. The molecule has 4 nitrogen and oxygen atoms in total. The zero-order chi connectivity index (χ0) is 13.0. The van der Waals surface area contributed by atoms with Crippen molar-refractivity contribution in [2.45, 2.75) is 0 Å². The number of nitrogens with zero attached hydrogens (tertiary/aromatic N) is 2. The highest BCUT2D eigenvalue weighted by Crippen LogP contribution is 2.24. The monoisotopic (exact) mass is 263 g/mol. The predicted octanol–water partition coefficient (Wildman–Crippen LogP) is 2.33. The van der Waals surface area contributed by atoms with E-state index in [2.05, 4.69) is 9.88 Å². The van der Waals surface area contributed by atoms with E-state index >= 15 is 0 Å². The molecule has 0 radical (unpaired) electrons. The van der Waals surface area contributed by atoms with Crippen molar-refractivity contribution in [3.05, 3.63) is 29.6 Å². The van der Waals surface area contributed by atoms with Crippen LogP contribution in [0, 0.1) is 0 Å². The van der Waals surface area contributed by atoms with Crippen molar-refractivity contribution < 1.29 is 4.74 Å². The van der Waals surface area contributed by atoms with Crippen LogP contribution in [0.1, 0.15) is 0 Å². The molecule has 0 saturated carbocycles. The van der Waals surface area contributed by atoms with E-state index < -0.39 is 0 Å². The second-order valence-electron chi connectivity index (χ2n) is 4.25. The van der Waals surface area contributed by atoms with Gasteiger partial charge < -0.3 is 15.4 Å². The third-order valence-corrected chi connectivity index (χ3v) is 3.15. The fourth-order valence-corrected chi connectivity index (χ4v) is 2.06. The number of nitrogen functional groups attached to an aromatic ring is 1. The molecule has 0 aliphatic heterocycles. The Bertz CT molecular complexity index is 493. The first kappa shape index (κ1) is 12.9. The molecular formula is C13H17N3OS. The maximum Gasteiger partial charge on any atom is 0.180 e. The van der Waals surface area contributed by atoms with Crippen LogP contribution in [-0.4, -0.2) is 37.1 Å². The van der Waals surface area contributed by atoms with Crippen LogP contribution < -0.4 is 10.5 Å². The molecule has 0 fully saturated rings. The number of likely N-dealkylation sites (N-methyl/N-ethyl adjacent to an activating group) is 1. The molecule has 0 amide bonds. The van der Waals surface area contributed by atoms with Crippen LogP contribution in [0.3, 0.4) is 0 Å². The summed E-state index contributed by atoms with van der Waals surface area (Å²) in [7, 11) is 4.05. The minimum absolute atomic E-state index is 0.594. The van der Waals surface area contributed by atoms with E-state index in [4.69, 9.17) is 10.5 Å². The third kappa shape index (κ3) is 3.45. The van der Waals surface area contributed by atoms with Crippen molar-refractivity contribution in [3.8, 4) is 17.0 Å². The lowest BCUT2D eigenvalue weighted by Crippen LogP contribution is -2.19. The molecule has 0 aliphatic rings. The van der Waals surface area contributed by atoms with Crippen LogP contribution in [0.2, 0.25) is 0 Å². The number of hydrogen-bond donors (Lipinski definition) is 1. The molecular weight excluding hydrogens is 246 g/mol. The van der Waals surface area contributed by atoms with Crippen molar-refractivity contribution in [2.24, 2.45) is 0 Å². The van der Waals surface area contributed by atoms with Gasteiger partial charge in [-0.2, -0.15) is 0 Å². The van der Waals surface area contributed by atoms with Gasteiger partial charge in [0, 0.05) is 17.5 Å². The molecule has 0 bridgehead atoms. The first-order valence-electron chi connectivity index (χ1n) is 5.74. The molecule has 0 atom stereocenters. The maximum absolute atomic E-state index is 5.63. The normalized spacial score (nSPS) is 10.8. The van der Waals surface area contributed by atoms with Crippen LogP contribution in [-0.2, 0) is 0 Å². The number of benzene rings is 1. The van der Waals surface area contributed by atoms with Gasteiger partial charge >= 0.3 is 0 Å². The number of aromatic nitrogens is 1. The van der Waals surface area contributed by atoms with Crippen molar-refractivity contribution in [3.63, 3.8) is 0 Å². The SMILES string of the molecule is CN(C)CCOc1ccc(-c2csc(N)n2)cc1. The van der Waals surface area contributed by atoms with Crippen molar-refractivity contribution >= 4 is 16.5 Å². The Morgan fingerprint density at radius 1 is 1.28 bits per heavy atom. The summed E-state index contributed by atoms with van der Waals surface area (Å²) in [5.74, 6) is 0.879. The average Bonchev–Trinajstić information content (AvgIpc) is 2.76. The molecule has 0 aliphatic carbocycles. The molecule has 1 aromatic carbocycles. The lowest BCUT2D eigenvalue weighted by atomic mass is 10.2. The van der Waals surface area contributed by atoms with Gasteiger partial charge in [0.1, 0.15) is 12.4 Å². The molecule has 18 heavy (non-hydrogen) atoms. The van der Waals surface area contributed by atoms with Crippen molar-refractivity contribution in [1.82, 2.24) is 9.88 Å². The summed E-state index contributed by atoms with van der Waals surface area (Å²) in [6.07, 6.45) is 0. The number of thiazole rings is 1. The minimum Gasteiger partial charge on any atom is -0.492 e. The Balaban J connectivity index is 1.97. The molecule has 2 N–H and O–H groups in total. The van der Waals surface area contributed by atoms with Gasteiger partial charge in [0.25, 0.3) is 0 Å². The van der Waals surface area contributed by atoms with Gasteiger partial charge in [0.05, 0.1) is 5.69 Å². The Labute approximate surface area is 111 Å². The largest absolute Gasteiger partial charge is 0.492 e. The van der Waals surface area contributed by atoms with Gasteiger partial charge in [-0.15, -0.1) is 11.3 Å². The second kappa shape index (κ2) is 5.84. The van der Waals surface area contributed by atoms with E-state index in [0.29, 0.717) is 11.7 Å². The Hall–Kier alpha value is -1.59. The lowest BCUT2D eigenvalue weighted by Gasteiger charge is -2.11. The van der Waals surface area contributed by atoms with Gasteiger partial charge in [-0.25, -0.2) is 4.98 Å². The predicted molar refractivity (Wildman–Crippen MR) is 76.0 cm³/mol. The Morgan fingerprint density at radius 3 is 2.56 bits per heavy atom. The van der Waals surface area contributed by atoms with Gasteiger partial charge in [0.2, 0.25) is 0 Å². The van der Waals surface area contributed by atoms with Gasteiger partial charge in [0.15, 0.2) is 5.13 Å². The van der Waals surface area contributed by atoms with Crippen LogP contribution >= 0.6 is 11.3 Å². The second-order valence-corrected chi connectivity index (χ2v) is 5.14. The van der Waals surface area contributed by atoms with Gasteiger partial charge in [-0.3, -0.25) is 0 Å². The minimum atomic E-state index is 0.594. The summed E-state index contributed by atoms with van der Waals surface area (Å²) in [5.41, 5.74) is 7.59. The highest BCUT2D eigenvalue weighted by molar-refractivity contribution is 7.13. The highest BCUT2D eigenvalue weighted by atomic mass is 32.1. The first-order valence-corrected chi connectivity index (χ1v) is 6.62. The third-order valence-electron chi connectivity index (χ3n) is 2.48. The number of ether oxygens (including phenoxy) is 1. The number of anilines is 1. The molecule has 96 valence electrons. The van der Waals surface area contributed by atoms with E-state index in [9.17, 15) is 0 Å². The van der Waals surface area contributed by atoms with E-state index in [1.165, 1.54) is 11.3 Å². The molecule has 5 heteroatoms. The summed E-state index contributed by atoms with van der Waals surface area (Å²) in [6.45, 7) is 1.60. The first-order chi connectivity index (χ1) is 8.65. The topological polar surface area (TPSA) is 51.4 Å². The van der Waals surface area contributed by atoms with E-state index in [1.807, 2.05) is 43.7 Å². The quantitative estimate of drug-likeness (QED) is 0.899. The molecule has 0 spiro atoms. The summed E-state index contributed by atoms with van der Waals surface area (Å²) >= 11 is 1.45. The van der Waals surface area contributed by atoms with Gasteiger partial charge in [-0.1, -0.05) is 0 Å². The summed E-state index contributed by atoms with van der Waals surface area (Å²) < 4.78 is 5.63. The molecule has 0 saturated heterocycles. The van der Waals surface area contributed by atoms with E-state index in [-0.39, 0.29) is 0 Å². The Kier molecular flexibility index (Phi) is 4.17. The van der Waals surface area contributed by atoms with Crippen molar-refractivity contribution in [2.75, 3.05) is 33.0 Å².